The van der Waals surface area contributed by atoms with Crippen molar-refractivity contribution in [3.8, 4) is 5.69 Å². The molecule has 1 aromatic heterocycles. The van der Waals surface area contributed by atoms with E-state index in [0.29, 0.717) is 12.1 Å². The standard InChI is InChI=1S/C17H21N3O/c18-17(10-5-2-6-11-17)13-16(21)15-9-12-19-20(15)14-7-3-1-4-8-14/h1,3-4,7-9,12H,2,5-6,10-11,13,18H2. The van der Waals surface area contributed by atoms with Crippen molar-refractivity contribution < 1.29 is 4.79 Å². The van der Waals surface area contributed by atoms with Crippen LogP contribution in [0.2, 0.25) is 0 Å². The second kappa shape index (κ2) is 5.82. The third kappa shape index (κ3) is 3.05. The molecule has 1 aliphatic carbocycles. The van der Waals surface area contributed by atoms with E-state index in [4.69, 9.17) is 5.73 Å². The number of carbonyl (C=O) groups is 1. The molecule has 1 aliphatic rings. The van der Waals surface area contributed by atoms with E-state index >= 15 is 0 Å². The van der Waals surface area contributed by atoms with Gasteiger partial charge in [0.1, 0.15) is 5.69 Å². The molecule has 0 spiro atoms. The average Bonchev–Trinajstić information content (AvgIpc) is 2.98. The van der Waals surface area contributed by atoms with Gasteiger partial charge in [-0.15, -0.1) is 0 Å². The molecule has 2 aromatic rings. The van der Waals surface area contributed by atoms with Crippen molar-refractivity contribution in [1.29, 1.82) is 0 Å². The molecule has 4 nitrogen and oxygen atoms in total. The number of ketones is 1. The van der Waals surface area contributed by atoms with Gasteiger partial charge in [0.2, 0.25) is 0 Å². The molecule has 1 fully saturated rings. The lowest BCUT2D eigenvalue weighted by Crippen LogP contribution is -2.43. The summed E-state index contributed by atoms with van der Waals surface area (Å²) in [6, 6.07) is 11.5. The highest BCUT2D eigenvalue weighted by atomic mass is 16.1. The molecule has 0 amide bonds. The number of rotatable bonds is 4. The lowest BCUT2D eigenvalue weighted by molar-refractivity contribution is 0.0927. The van der Waals surface area contributed by atoms with Gasteiger partial charge in [-0.1, -0.05) is 37.5 Å². The Balaban J connectivity index is 1.81. The number of para-hydroxylation sites is 1. The Bertz CT molecular complexity index is 612. The van der Waals surface area contributed by atoms with Gasteiger partial charge in [0, 0.05) is 12.0 Å². The van der Waals surface area contributed by atoms with Crippen molar-refractivity contribution in [3.05, 3.63) is 48.3 Å². The van der Waals surface area contributed by atoms with E-state index in [9.17, 15) is 4.79 Å². The fourth-order valence-corrected chi connectivity index (χ4v) is 3.13. The topological polar surface area (TPSA) is 60.9 Å². The molecule has 1 saturated carbocycles. The number of nitrogens with two attached hydrogens (primary N) is 1. The fraction of sp³-hybridized carbons (Fsp3) is 0.412. The van der Waals surface area contributed by atoms with Crippen LogP contribution in [0, 0.1) is 0 Å². The molecule has 3 rings (SSSR count). The maximum Gasteiger partial charge on any atom is 0.183 e. The van der Waals surface area contributed by atoms with E-state index in [1.165, 1.54) is 6.42 Å². The van der Waals surface area contributed by atoms with Crippen molar-refractivity contribution in [2.45, 2.75) is 44.1 Å². The molecular weight excluding hydrogens is 262 g/mol. The Morgan fingerprint density at radius 3 is 2.57 bits per heavy atom. The number of aromatic nitrogens is 2. The lowest BCUT2D eigenvalue weighted by atomic mass is 9.79. The molecule has 21 heavy (non-hydrogen) atoms. The maximum atomic E-state index is 12.6. The molecular formula is C17H21N3O. The van der Waals surface area contributed by atoms with Crippen LogP contribution < -0.4 is 5.73 Å². The summed E-state index contributed by atoms with van der Waals surface area (Å²) in [7, 11) is 0. The number of Topliss-reactive ketones (excluding diaryl/α,β-unsaturated/α-hetero) is 1. The average molecular weight is 283 g/mol. The molecule has 1 aromatic carbocycles. The number of nitrogens with zero attached hydrogens (tertiary/aromatic N) is 2. The molecule has 1 heterocycles. The maximum absolute atomic E-state index is 12.6. The summed E-state index contributed by atoms with van der Waals surface area (Å²) in [5.74, 6) is 0.0840. The Morgan fingerprint density at radius 2 is 1.86 bits per heavy atom. The summed E-state index contributed by atoms with van der Waals surface area (Å²) < 4.78 is 1.70. The van der Waals surface area contributed by atoms with Crippen molar-refractivity contribution in [2.75, 3.05) is 0 Å². The van der Waals surface area contributed by atoms with Crippen molar-refractivity contribution in [2.24, 2.45) is 5.73 Å². The van der Waals surface area contributed by atoms with E-state index in [1.807, 2.05) is 30.3 Å². The van der Waals surface area contributed by atoms with Gasteiger partial charge in [0.25, 0.3) is 0 Å². The number of benzene rings is 1. The molecule has 0 aliphatic heterocycles. The summed E-state index contributed by atoms with van der Waals surface area (Å²) in [5, 5.41) is 4.28. The van der Waals surface area contributed by atoms with Crippen LogP contribution in [0.4, 0.5) is 0 Å². The minimum absolute atomic E-state index is 0.0840. The van der Waals surface area contributed by atoms with Crippen LogP contribution >= 0.6 is 0 Å². The van der Waals surface area contributed by atoms with Crippen LogP contribution in [0.5, 0.6) is 0 Å². The Labute approximate surface area is 125 Å². The summed E-state index contributed by atoms with van der Waals surface area (Å²) in [6.07, 6.45) is 7.45. The van der Waals surface area contributed by atoms with E-state index in [-0.39, 0.29) is 11.3 Å². The Morgan fingerprint density at radius 1 is 1.14 bits per heavy atom. The van der Waals surface area contributed by atoms with Crippen molar-refractivity contribution in [3.63, 3.8) is 0 Å². The second-order valence-electron chi connectivity index (χ2n) is 5.99. The van der Waals surface area contributed by atoms with Gasteiger partial charge in [0.15, 0.2) is 5.78 Å². The van der Waals surface area contributed by atoms with Gasteiger partial charge < -0.3 is 5.73 Å². The van der Waals surface area contributed by atoms with Crippen LogP contribution in [0.15, 0.2) is 42.6 Å². The predicted molar refractivity (Wildman–Crippen MR) is 82.5 cm³/mol. The van der Waals surface area contributed by atoms with Crippen molar-refractivity contribution >= 4 is 5.78 Å². The third-order valence-electron chi connectivity index (χ3n) is 4.29. The number of hydrogen-bond donors (Lipinski definition) is 1. The minimum Gasteiger partial charge on any atom is -0.325 e. The largest absolute Gasteiger partial charge is 0.325 e. The van der Waals surface area contributed by atoms with Gasteiger partial charge >= 0.3 is 0 Å². The molecule has 0 saturated heterocycles. The molecule has 0 bridgehead atoms. The molecule has 0 radical (unpaired) electrons. The second-order valence-corrected chi connectivity index (χ2v) is 5.99. The summed E-state index contributed by atoms with van der Waals surface area (Å²) in [4.78, 5) is 12.6. The first kappa shape index (κ1) is 14.0. The first-order valence-electron chi connectivity index (χ1n) is 7.60. The number of carbonyl (C=O) groups excluding carboxylic acids is 1. The Hall–Kier alpha value is -1.94. The summed E-state index contributed by atoms with van der Waals surface area (Å²) >= 11 is 0. The van der Waals surface area contributed by atoms with Gasteiger partial charge in [-0.25, -0.2) is 4.68 Å². The van der Waals surface area contributed by atoms with E-state index in [2.05, 4.69) is 5.10 Å². The van der Waals surface area contributed by atoms with Gasteiger partial charge in [0.05, 0.1) is 11.9 Å². The normalized spacial score (nSPS) is 17.6. The zero-order valence-electron chi connectivity index (χ0n) is 12.2. The van der Waals surface area contributed by atoms with Crippen molar-refractivity contribution in [1.82, 2.24) is 9.78 Å². The summed E-state index contributed by atoms with van der Waals surface area (Å²) in [6.45, 7) is 0. The van der Waals surface area contributed by atoms with Gasteiger partial charge in [-0.05, 0) is 31.0 Å². The predicted octanol–water partition coefficient (Wildman–Crippen LogP) is 3.11. The van der Waals surface area contributed by atoms with E-state index in [0.717, 1.165) is 31.4 Å². The molecule has 0 atom stereocenters. The smallest absolute Gasteiger partial charge is 0.183 e. The SMILES string of the molecule is NC1(CC(=O)c2ccnn2-c2ccccc2)CCCCC1. The molecule has 110 valence electrons. The summed E-state index contributed by atoms with van der Waals surface area (Å²) in [5.41, 5.74) is 7.60. The Kier molecular flexibility index (Phi) is 3.88. The molecule has 4 heteroatoms. The fourth-order valence-electron chi connectivity index (χ4n) is 3.13. The van der Waals surface area contributed by atoms with Crippen LogP contribution in [0.1, 0.15) is 49.0 Å². The highest BCUT2D eigenvalue weighted by Crippen LogP contribution is 2.30. The minimum atomic E-state index is -0.332. The highest BCUT2D eigenvalue weighted by molar-refractivity contribution is 5.95. The first-order valence-corrected chi connectivity index (χ1v) is 7.60. The molecule has 0 unspecified atom stereocenters. The zero-order valence-corrected chi connectivity index (χ0v) is 12.2. The van der Waals surface area contributed by atoms with E-state index in [1.54, 1.807) is 16.9 Å². The van der Waals surface area contributed by atoms with Crippen LogP contribution in [0.25, 0.3) is 5.69 Å². The van der Waals surface area contributed by atoms with Crippen LogP contribution in [-0.2, 0) is 0 Å². The number of hydrogen-bond acceptors (Lipinski definition) is 3. The quantitative estimate of drug-likeness (QED) is 0.877. The monoisotopic (exact) mass is 283 g/mol. The highest BCUT2D eigenvalue weighted by Gasteiger charge is 2.31. The van der Waals surface area contributed by atoms with E-state index < -0.39 is 0 Å². The molecule has 2 N–H and O–H groups in total. The van der Waals surface area contributed by atoms with Gasteiger partial charge in [-0.2, -0.15) is 5.10 Å². The van der Waals surface area contributed by atoms with Crippen LogP contribution in [-0.4, -0.2) is 21.1 Å². The zero-order chi connectivity index (χ0) is 14.7. The first-order chi connectivity index (χ1) is 10.2. The third-order valence-corrected chi connectivity index (χ3v) is 4.29. The van der Waals surface area contributed by atoms with Crippen LogP contribution in [0.3, 0.4) is 0 Å². The van der Waals surface area contributed by atoms with Gasteiger partial charge in [-0.3, -0.25) is 4.79 Å². The lowest BCUT2D eigenvalue weighted by Gasteiger charge is -2.32.